The van der Waals surface area contributed by atoms with E-state index in [1.54, 1.807) is 48.8 Å². The second-order valence-electron chi connectivity index (χ2n) is 5.80. The number of hydrogen-bond acceptors (Lipinski definition) is 6. The maximum absolute atomic E-state index is 9.80. The van der Waals surface area contributed by atoms with Crippen molar-refractivity contribution in [3.05, 3.63) is 57.6 Å². The van der Waals surface area contributed by atoms with Gasteiger partial charge in [-0.2, -0.15) is 10.2 Å². The van der Waals surface area contributed by atoms with E-state index in [0.29, 0.717) is 47.4 Å². The van der Waals surface area contributed by atoms with E-state index in [1.165, 1.54) is 0 Å². The lowest BCUT2D eigenvalue weighted by Gasteiger charge is -2.31. The fraction of sp³-hybridized carbons (Fsp3) is 0.222. The smallest absolute Gasteiger partial charge is 0.124 e. The first-order chi connectivity index (χ1) is 12.5. The Morgan fingerprint density at radius 2 is 1.12 bits per heavy atom. The van der Waals surface area contributed by atoms with Gasteiger partial charge in [0.2, 0.25) is 0 Å². The summed E-state index contributed by atoms with van der Waals surface area (Å²) < 4.78 is 0. The van der Waals surface area contributed by atoms with Gasteiger partial charge in [-0.15, -0.1) is 0 Å². The fourth-order valence-corrected chi connectivity index (χ4v) is 2.82. The summed E-state index contributed by atoms with van der Waals surface area (Å²) in [5.74, 6) is 0.283. The molecule has 0 aliphatic carbocycles. The van der Waals surface area contributed by atoms with Crippen LogP contribution in [0.3, 0.4) is 0 Å². The number of phenolic OH excluding ortho intramolecular Hbond substituents is 2. The van der Waals surface area contributed by atoms with E-state index >= 15 is 0 Å². The fourth-order valence-electron chi connectivity index (χ4n) is 2.46. The zero-order valence-electron chi connectivity index (χ0n) is 13.9. The van der Waals surface area contributed by atoms with Crippen LogP contribution in [0.25, 0.3) is 0 Å². The van der Waals surface area contributed by atoms with Crippen molar-refractivity contribution < 1.29 is 10.2 Å². The Kier molecular flexibility index (Phi) is 5.85. The zero-order valence-corrected chi connectivity index (χ0v) is 15.4. The molecule has 8 heteroatoms. The van der Waals surface area contributed by atoms with Crippen molar-refractivity contribution in [2.24, 2.45) is 10.2 Å². The van der Waals surface area contributed by atoms with E-state index in [-0.39, 0.29) is 11.5 Å². The molecule has 0 aromatic heterocycles. The van der Waals surface area contributed by atoms with Crippen LogP contribution in [0.2, 0.25) is 10.0 Å². The van der Waals surface area contributed by atoms with Crippen molar-refractivity contribution in [2.45, 2.75) is 0 Å². The molecule has 0 atom stereocenters. The third-order valence-electron chi connectivity index (χ3n) is 3.93. The molecule has 3 rings (SSSR count). The first-order valence-electron chi connectivity index (χ1n) is 8.06. The summed E-state index contributed by atoms with van der Waals surface area (Å²) in [6.07, 6.45) is 3.20. The number of halogens is 2. The summed E-state index contributed by atoms with van der Waals surface area (Å²) in [4.78, 5) is 0. The van der Waals surface area contributed by atoms with Crippen LogP contribution in [-0.2, 0) is 0 Å². The number of piperazine rings is 1. The summed E-state index contributed by atoms with van der Waals surface area (Å²) in [5.41, 5.74) is 1.16. The minimum Gasteiger partial charge on any atom is -0.507 e. The van der Waals surface area contributed by atoms with Crippen LogP contribution >= 0.6 is 23.2 Å². The van der Waals surface area contributed by atoms with Gasteiger partial charge < -0.3 is 10.2 Å². The van der Waals surface area contributed by atoms with E-state index < -0.39 is 0 Å². The van der Waals surface area contributed by atoms with Gasteiger partial charge >= 0.3 is 0 Å². The van der Waals surface area contributed by atoms with E-state index in [2.05, 4.69) is 10.2 Å². The van der Waals surface area contributed by atoms with Crippen molar-refractivity contribution in [1.82, 2.24) is 10.0 Å². The van der Waals surface area contributed by atoms with Gasteiger partial charge in [-0.3, -0.25) is 10.0 Å². The standard InChI is InChI=1S/C18H18Cl2N4O2/c19-15-1-3-17(25)13(9-15)11-21-23-5-7-24(8-6-23)22-12-14-10-16(20)2-4-18(14)26/h1-4,9-12,25-26H,5-8H2. The average molecular weight is 393 g/mol. The molecule has 136 valence electrons. The van der Waals surface area contributed by atoms with Gasteiger partial charge in [0, 0.05) is 21.2 Å². The van der Waals surface area contributed by atoms with Gasteiger partial charge in [-0.25, -0.2) is 0 Å². The summed E-state index contributed by atoms with van der Waals surface area (Å²) in [7, 11) is 0. The molecule has 0 unspecified atom stereocenters. The highest BCUT2D eigenvalue weighted by molar-refractivity contribution is 6.31. The minimum absolute atomic E-state index is 0.141. The van der Waals surface area contributed by atoms with Gasteiger partial charge in [-0.05, 0) is 36.4 Å². The molecule has 0 amide bonds. The van der Waals surface area contributed by atoms with Crippen LogP contribution in [0.5, 0.6) is 11.5 Å². The molecule has 1 heterocycles. The molecule has 26 heavy (non-hydrogen) atoms. The third-order valence-corrected chi connectivity index (χ3v) is 4.40. The van der Waals surface area contributed by atoms with Crippen LogP contribution in [0.4, 0.5) is 0 Å². The molecule has 1 aliphatic rings. The van der Waals surface area contributed by atoms with Crippen molar-refractivity contribution in [1.29, 1.82) is 0 Å². The van der Waals surface area contributed by atoms with E-state index in [4.69, 9.17) is 23.2 Å². The van der Waals surface area contributed by atoms with Gasteiger partial charge in [0.05, 0.1) is 38.6 Å². The lowest BCUT2D eigenvalue weighted by atomic mass is 10.2. The molecule has 0 bridgehead atoms. The number of phenols is 2. The van der Waals surface area contributed by atoms with Crippen molar-refractivity contribution in [2.75, 3.05) is 26.2 Å². The lowest BCUT2D eigenvalue weighted by molar-refractivity contribution is 0.141. The Morgan fingerprint density at radius 1 is 0.731 bits per heavy atom. The molecule has 1 saturated heterocycles. The molecule has 2 aromatic rings. The first kappa shape index (κ1) is 18.4. The number of aromatic hydroxyl groups is 2. The Bertz CT molecular complexity index is 764. The van der Waals surface area contributed by atoms with Crippen LogP contribution in [0, 0.1) is 0 Å². The molecule has 6 nitrogen and oxygen atoms in total. The number of benzene rings is 2. The minimum atomic E-state index is 0.141. The molecular weight excluding hydrogens is 375 g/mol. The van der Waals surface area contributed by atoms with Crippen LogP contribution < -0.4 is 0 Å². The lowest BCUT2D eigenvalue weighted by Crippen LogP contribution is -2.41. The van der Waals surface area contributed by atoms with Gasteiger partial charge in [-0.1, -0.05) is 23.2 Å². The van der Waals surface area contributed by atoms with Gasteiger partial charge in [0.15, 0.2) is 0 Å². The highest BCUT2D eigenvalue weighted by atomic mass is 35.5. The number of nitrogens with zero attached hydrogens (tertiary/aromatic N) is 4. The summed E-state index contributed by atoms with van der Waals surface area (Å²) >= 11 is 11.9. The van der Waals surface area contributed by atoms with Crippen LogP contribution in [0.15, 0.2) is 46.6 Å². The maximum atomic E-state index is 9.80. The Balaban J connectivity index is 1.56. The van der Waals surface area contributed by atoms with Crippen molar-refractivity contribution >= 4 is 35.6 Å². The molecule has 0 radical (unpaired) electrons. The molecule has 0 spiro atoms. The summed E-state index contributed by atoms with van der Waals surface area (Å²) in [5, 5.41) is 33.3. The SMILES string of the molecule is Oc1ccc(Cl)cc1C=NN1CCN(N=Cc2cc(Cl)ccc2O)CC1. The Hall–Kier alpha value is -2.44. The van der Waals surface area contributed by atoms with Crippen LogP contribution in [-0.4, -0.2) is 58.8 Å². The predicted octanol–water partition coefficient (Wildman–Crippen LogP) is 3.39. The number of rotatable bonds is 4. The maximum Gasteiger partial charge on any atom is 0.124 e. The Morgan fingerprint density at radius 3 is 1.50 bits per heavy atom. The van der Waals surface area contributed by atoms with Crippen LogP contribution in [0.1, 0.15) is 11.1 Å². The molecule has 0 saturated carbocycles. The number of hydrogen-bond donors (Lipinski definition) is 2. The molecule has 2 aromatic carbocycles. The van der Waals surface area contributed by atoms with Gasteiger partial charge in [0.25, 0.3) is 0 Å². The zero-order chi connectivity index (χ0) is 18.5. The molecule has 1 fully saturated rings. The number of hydrazone groups is 2. The highest BCUT2D eigenvalue weighted by Gasteiger charge is 2.13. The third kappa shape index (κ3) is 4.80. The normalized spacial score (nSPS) is 15.3. The summed E-state index contributed by atoms with van der Waals surface area (Å²) in [6.45, 7) is 2.76. The molecular formula is C18H18Cl2N4O2. The second kappa shape index (κ2) is 8.29. The van der Waals surface area contributed by atoms with E-state index in [1.807, 2.05) is 10.0 Å². The quantitative estimate of drug-likeness (QED) is 0.782. The molecule has 1 aliphatic heterocycles. The van der Waals surface area contributed by atoms with E-state index in [9.17, 15) is 10.2 Å². The van der Waals surface area contributed by atoms with Crippen molar-refractivity contribution in [3.8, 4) is 11.5 Å². The Labute approximate surface area is 161 Å². The predicted molar refractivity (Wildman–Crippen MR) is 105 cm³/mol. The average Bonchev–Trinajstić information content (AvgIpc) is 2.64. The van der Waals surface area contributed by atoms with Crippen molar-refractivity contribution in [3.63, 3.8) is 0 Å². The highest BCUT2D eigenvalue weighted by Crippen LogP contribution is 2.21. The van der Waals surface area contributed by atoms with E-state index in [0.717, 1.165) is 0 Å². The first-order valence-corrected chi connectivity index (χ1v) is 8.82. The molecule has 2 N–H and O–H groups in total. The largest absolute Gasteiger partial charge is 0.507 e. The second-order valence-corrected chi connectivity index (χ2v) is 6.68. The van der Waals surface area contributed by atoms with Gasteiger partial charge in [0.1, 0.15) is 11.5 Å². The topological polar surface area (TPSA) is 71.7 Å². The monoisotopic (exact) mass is 392 g/mol. The summed E-state index contributed by atoms with van der Waals surface area (Å²) in [6, 6.07) is 9.67.